The number of hydrogen-bond donors (Lipinski definition) is 0. The molecule has 1 heterocycles. The molecule has 3 rings (SSSR count). The van der Waals surface area contributed by atoms with Crippen LogP contribution in [-0.2, 0) is 6.61 Å². The lowest BCUT2D eigenvalue weighted by Gasteiger charge is -2.12. The Morgan fingerprint density at radius 1 is 1.14 bits per heavy atom. The SMILES string of the molecule is COc1ccc(/C=C/C(=O)c2cc(C)sc2C)cc1COc1ccc(Br)cc1Cl. The van der Waals surface area contributed by atoms with Crippen molar-refractivity contribution in [1.29, 1.82) is 0 Å². The van der Waals surface area contributed by atoms with Crippen molar-refractivity contribution in [2.24, 2.45) is 0 Å². The molecule has 29 heavy (non-hydrogen) atoms. The molecule has 3 aromatic rings. The van der Waals surface area contributed by atoms with E-state index >= 15 is 0 Å². The number of aryl methyl sites for hydroxylation is 2. The molecule has 0 atom stereocenters. The van der Waals surface area contributed by atoms with Crippen molar-refractivity contribution in [3.05, 3.63) is 84.5 Å². The Morgan fingerprint density at radius 2 is 1.90 bits per heavy atom. The molecule has 0 unspecified atom stereocenters. The molecule has 0 N–H and O–H groups in total. The van der Waals surface area contributed by atoms with E-state index in [2.05, 4.69) is 15.9 Å². The van der Waals surface area contributed by atoms with Gasteiger partial charge in [0.05, 0.1) is 12.1 Å². The summed E-state index contributed by atoms with van der Waals surface area (Å²) in [7, 11) is 1.62. The second kappa shape index (κ2) is 9.61. The Kier molecular flexibility index (Phi) is 7.17. The van der Waals surface area contributed by atoms with Gasteiger partial charge in [0.15, 0.2) is 5.78 Å². The van der Waals surface area contributed by atoms with E-state index in [4.69, 9.17) is 21.1 Å². The number of hydrogen-bond acceptors (Lipinski definition) is 4. The van der Waals surface area contributed by atoms with Gasteiger partial charge in [-0.15, -0.1) is 11.3 Å². The van der Waals surface area contributed by atoms with Crippen molar-refractivity contribution in [3.8, 4) is 11.5 Å². The van der Waals surface area contributed by atoms with Crippen LogP contribution in [-0.4, -0.2) is 12.9 Å². The molecule has 0 aliphatic heterocycles. The first-order valence-corrected chi connectivity index (χ1v) is 10.9. The molecule has 0 saturated heterocycles. The number of thiophene rings is 1. The van der Waals surface area contributed by atoms with Gasteiger partial charge in [-0.1, -0.05) is 39.7 Å². The van der Waals surface area contributed by atoms with Crippen LogP contribution in [0.25, 0.3) is 6.08 Å². The predicted octanol–water partition coefficient (Wildman–Crippen LogP) is 7.26. The van der Waals surface area contributed by atoms with Gasteiger partial charge in [0.2, 0.25) is 0 Å². The van der Waals surface area contributed by atoms with E-state index in [0.29, 0.717) is 23.1 Å². The van der Waals surface area contributed by atoms with Crippen LogP contribution < -0.4 is 9.47 Å². The van der Waals surface area contributed by atoms with E-state index in [1.165, 1.54) is 0 Å². The summed E-state index contributed by atoms with van der Waals surface area (Å²) in [5.41, 5.74) is 2.51. The first-order valence-electron chi connectivity index (χ1n) is 8.91. The van der Waals surface area contributed by atoms with Crippen LogP contribution in [0.5, 0.6) is 11.5 Å². The molecule has 3 nitrogen and oxygen atoms in total. The number of carbonyl (C=O) groups excluding carboxylic acids is 1. The number of allylic oxidation sites excluding steroid dienone is 1. The van der Waals surface area contributed by atoms with E-state index in [9.17, 15) is 4.79 Å². The summed E-state index contributed by atoms with van der Waals surface area (Å²) in [5, 5.41) is 0.529. The highest BCUT2D eigenvalue weighted by Crippen LogP contribution is 2.30. The molecule has 150 valence electrons. The van der Waals surface area contributed by atoms with Gasteiger partial charge in [-0.05, 0) is 61.9 Å². The molecule has 0 aliphatic carbocycles. The first-order chi connectivity index (χ1) is 13.9. The van der Waals surface area contributed by atoms with Crippen molar-refractivity contribution in [3.63, 3.8) is 0 Å². The number of benzene rings is 2. The summed E-state index contributed by atoms with van der Waals surface area (Å²) in [6, 6.07) is 13.1. The molecule has 0 amide bonds. The Balaban J connectivity index is 1.77. The van der Waals surface area contributed by atoms with Crippen molar-refractivity contribution in [2.75, 3.05) is 7.11 Å². The van der Waals surface area contributed by atoms with Crippen molar-refractivity contribution >= 4 is 50.7 Å². The lowest BCUT2D eigenvalue weighted by atomic mass is 10.1. The zero-order chi connectivity index (χ0) is 21.0. The number of methoxy groups -OCH3 is 1. The highest BCUT2D eigenvalue weighted by molar-refractivity contribution is 9.10. The minimum Gasteiger partial charge on any atom is -0.496 e. The van der Waals surface area contributed by atoms with Crippen LogP contribution in [0.1, 0.15) is 31.2 Å². The van der Waals surface area contributed by atoms with Gasteiger partial charge >= 0.3 is 0 Å². The van der Waals surface area contributed by atoms with Crippen LogP contribution >= 0.6 is 38.9 Å². The van der Waals surface area contributed by atoms with Crippen molar-refractivity contribution in [1.82, 2.24) is 0 Å². The first kappa shape index (κ1) is 21.6. The number of carbonyl (C=O) groups is 1. The summed E-state index contributed by atoms with van der Waals surface area (Å²) in [6.07, 6.45) is 3.41. The Hall–Kier alpha value is -2.08. The minimum absolute atomic E-state index is 0.00196. The maximum atomic E-state index is 12.5. The number of ether oxygens (including phenoxy) is 2. The van der Waals surface area contributed by atoms with Crippen LogP contribution in [0, 0.1) is 13.8 Å². The molecular formula is C23H20BrClO3S. The summed E-state index contributed by atoms with van der Waals surface area (Å²) in [6.45, 7) is 4.27. The van der Waals surface area contributed by atoms with Crippen LogP contribution in [0.2, 0.25) is 5.02 Å². The lowest BCUT2D eigenvalue weighted by Crippen LogP contribution is -2.00. The standard InChI is InChI=1S/C23H20BrClO3S/c1-14-10-19(15(2)29-14)21(26)7-4-16-5-8-22(27-3)17(11-16)13-28-23-9-6-18(24)12-20(23)25/h4-12H,13H2,1-3H3/b7-4+. The Morgan fingerprint density at radius 3 is 2.55 bits per heavy atom. The van der Waals surface area contributed by atoms with Crippen molar-refractivity contribution < 1.29 is 14.3 Å². The summed E-state index contributed by atoms with van der Waals surface area (Å²) < 4.78 is 12.2. The van der Waals surface area contributed by atoms with Crippen LogP contribution in [0.15, 0.2) is 53.0 Å². The molecule has 0 radical (unpaired) electrons. The molecule has 0 aliphatic rings. The molecule has 2 aromatic carbocycles. The number of halogens is 2. The molecule has 0 saturated carbocycles. The third kappa shape index (κ3) is 5.50. The van der Waals surface area contributed by atoms with Crippen LogP contribution in [0.4, 0.5) is 0 Å². The van der Waals surface area contributed by atoms with Gasteiger partial charge in [-0.3, -0.25) is 4.79 Å². The predicted molar refractivity (Wildman–Crippen MR) is 124 cm³/mol. The second-order valence-electron chi connectivity index (χ2n) is 6.46. The highest BCUT2D eigenvalue weighted by atomic mass is 79.9. The van der Waals surface area contributed by atoms with E-state index < -0.39 is 0 Å². The largest absolute Gasteiger partial charge is 0.496 e. The average molecular weight is 492 g/mol. The van der Waals surface area contributed by atoms with Crippen LogP contribution in [0.3, 0.4) is 0 Å². The topological polar surface area (TPSA) is 35.5 Å². The van der Waals surface area contributed by atoms with Gasteiger partial charge in [0.1, 0.15) is 18.1 Å². The van der Waals surface area contributed by atoms with E-state index in [0.717, 1.165) is 30.9 Å². The number of ketones is 1. The third-order valence-corrected chi connectivity index (χ3v) is 6.07. The average Bonchev–Trinajstić information content (AvgIpc) is 3.03. The van der Waals surface area contributed by atoms with Gasteiger partial charge < -0.3 is 9.47 Å². The minimum atomic E-state index is 0.00196. The fourth-order valence-corrected chi connectivity index (χ4v) is 4.56. The van der Waals surface area contributed by atoms with E-state index in [-0.39, 0.29) is 5.78 Å². The quantitative estimate of drug-likeness (QED) is 0.258. The molecule has 6 heteroatoms. The zero-order valence-electron chi connectivity index (χ0n) is 16.3. The monoisotopic (exact) mass is 490 g/mol. The molecule has 0 fully saturated rings. The maximum absolute atomic E-state index is 12.5. The van der Waals surface area contributed by atoms with E-state index in [1.54, 1.807) is 30.6 Å². The number of rotatable bonds is 7. The molecule has 0 bridgehead atoms. The second-order valence-corrected chi connectivity index (χ2v) is 9.24. The van der Waals surface area contributed by atoms with Gasteiger partial charge in [-0.2, -0.15) is 0 Å². The summed E-state index contributed by atoms with van der Waals surface area (Å²) in [4.78, 5) is 14.7. The maximum Gasteiger partial charge on any atom is 0.186 e. The summed E-state index contributed by atoms with van der Waals surface area (Å²) in [5.74, 6) is 1.31. The normalized spacial score (nSPS) is 11.1. The van der Waals surface area contributed by atoms with Gasteiger partial charge in [-0.25, -0.2) is 0 Å². The Labute approximate surface area is 188 Å². The van der Waals surface area contributed by atoms with Crippen molar-refractivity contribution in [2.45, 2.75) is 20.5 Å². The lowest BCUT2D eigenvalue weighted by molar-refractivity contribution is 0.104. The van der Waals surface area contributed by atoms with Gasteiger partial charge in [0.25, 0.3) is 0 Å². The molecule has 0 spiro atoms. The van der Waals surface area contributed by atoms with E-state index in [1.807, 2.05) is 56.3 Å². The zero-order valence-corrected chi connectivity index (χ0v) is 19.5. The fourth-order valence-electron chi connectivity index (χ4n) is 2.90. The highest BCUT2D eigenvalue weighted by Gasteiger charge is 2.10. The smallest absolute Gasteiger partial charge is 0.186 e. The molecular weight excluding hydrogens is 472 g/mol. The molecule has 1 aromatic heterocycles. The van der Waals surface area contributed by atoms with Gasteiger partial charge in [0, 0.05) is 25.4 Å². The fraction of sp³-hybridized carbons (Fsp3) is 0.174. The third-order valence-electron chi connectivity index (χ3n) is 4.32. The Bertz CT molecular complexity index is 1070. The summed E-state index contributed by atoms with van der Waals surface area (Å²) >= 11 is 11.2.